The molecule has 2 aromatic rings. The van der Waals surface area contributed by atoms with Crippen molar-refractivity contribution in [3.05, 3.63) is 61.2 Å². The van der Waals surface area contributed by atoms with E-state index in [1.807, 2.05) is 0 Å². The summed E-state index contributed by atoms with van der Waals surface area (Å²) in [6.45, 7) is 22.7. The fraction of sp³-hybridized carbons (Fsp3) is 0.440. The highest BCUT2D eigenvalue weighted by atomic mass is 14.9. The Morgan fingerprint density at radius 2 is 0.962 bits per heavy atom. The van der Waals surface area contributed by atoms with Crippen LogP contribution in [-0.2, 0) is 6.42 Å². The van der Waals surface area contributed by atoms with Crippen molar-refractivity contribution in [2.24, 2.45) is 0 Å². The van der Waals surface area contributed by atoms with Crippen LogP contribution >= 0.6 is 0 Å². The number of rotatable bonds is 0. The number of benzene rings is 2. The molecule has 0 radical (unpaired) electrons. The predicted molar refractivity (Wildman–Crippen MR) is 116 cm³/mol. The maximum atomic E-state index is 3.91. The Balaban J connectivity index is 2.47. The average molecular weight is 348 g/mol. The summed E-state index contributed by atoms with van der Waals surface area (Å²) in [6.07, 6.45) is 1.02. The predicted octanol–water partition coefficient (Wildman–Crippen LogP) is 7.25. The molecule has 0 aromatic heterocycles. The first-order valence-electron chi connectivity index (χ1n) is 9.71. The molecular weight excluding hydrogens is 314 g/mol. The van der Waals surface area contributed by atoms with Crippen LogP contribution in [0.4, 0.5) is 11.4 Å². The van der Waals surface area contributed by atoms with E-state index in [0.717, 1.165) is 6.42 Å². The summed E-state index contributed by atoms with van der Waals surface area (Å²) in [4.78, 5) is 0. The Hall–Kier alpha value is -2.02. The molecule has 0 saturated carbocycles. The Bertz CT molecular complexity index is 971. The molecule has 26 heavy (non-hydrogen) atoms. The topological polar surface area (TPSA) is 12.0 Å². The summed E-state index contributed by atoms with van der Waals surface area (Å²) >= 11 is 0. The van der Waals surface area contributed by atoms with E-state index in [-0.39, 0.29) is 0 Å². The van der Waals surface area contributed by atoms with Crippen molar-refractivity contribution in [1.82, 2.24) is 0 Å². The summed E-state index contributed by atoms with van der Waals surface area (Å²) in [5.41, 5.74) is 19.7. The molecule has 0 aliphatic carbocycles. The van der Waals surface area contributed by atoms with Gasteiger partial charge >= 0.3 is 0 Å². The van der Waals surface area contributed by atoms with E-state index in [0.29, 0.717) is 0 Å². The molecule has 1 heterocycles. The SMILES string of the molecule is C/C1=C(\C)c2c(C)c(C)c(C)c(C)c2Nc2c(C)c(C)c(C)c(C)c2C1. The minimum Gasteiger partial charge on any atom is -0.354 e. The molecule has 0 atom stereocenters. The molecule has 1 N–H and O–H groups in total. The number of hydrogen-bond acceptors (Lipinski definition) is 1. The third-order valence-electron chi connectivity index (χ3n) is 7.21. The van der Waals surface area contributed by atoms with E-state index >= 15 is 0 Å². The van der Waals surface area contributed by atoms with Crippen molar-refractivity contribution < 1.29 is 0 Å². The lowest BCUT2D eigenvalue weighted by Crippen LogP contribution is -2.13. The second kappa shape index (κ2) is 6.30. The summed E-state index contributed by atoms with van der Waals surface area (Å²) in [7, 11) is 0. The van der Waals surface area contributed by atoms with Crippen molar-refractivity contribution in [3.8, 4) is 0 Å². The second-order valence-corrected chi connectivity index (χ2v) is 8.31. The molecule has 1 nitrogen and oxygen atoms in total. The third-order valence-corrected chi connectivity index (χ3v) is 7.21. The van der Waals surface area contributed by atoms with Crippen LogP contribution in [0.3, 0.4) is 0 Å². The van der Waals surface area contributed by atoms with Crippen molar-refractivity contribution >= 4 is 16.9 Å². The van der Waals surface area contributed by atoms with Crippen molar-refractivity contribution in [1.29, 1.82) is 0 Å². The fourth-order valence-corrected chi connectivity index (χ4v) is 4.45. The van der Waals surface area contributed by atoms with Crippen molar-refractivity contribution in [2.45, 2.75) is 75.7 Å². The van der Waals surface area contributed by atoms with E-state index in [1.165, 1.54) is 78.2 Å². The molecule has 2 aromatic carbocycles. The summed E-state index contributed by atoms with van der Waals surface area (Å²) < 4.78 is 0. The van der Waals surface area contributed by atoms with E-state index < -0.39 is 0 Å². The van der Waals surface area contributed by atoms with Gasteiger partial charge in [-0.2, -0.15) is 0 Å². The van der Waals surface area contributed by atoms with Gasteiger partial charge in [0.25, 0.3) is 0 Å². The van der Waals surface area contributed by atoms with Crippen LogP contribution in [0.5, 0.6) is 0 Å². The summed E-state index contributed by atoms with van der Waals surface area (Å²) in [6, 6.07) is 0. The largest absolute Gasteiger partial charge is 0.354 e. The average Bonchev–Trinajstić information content (AvgIpc) is 2.61. The van der Waals surface area contributed by atoms with Gasteiger partial charge in [0.1, 0.15) is 0 Å². The smallest absolute Gasteiger partial charge is 0.0495 e. The molecule has 0 bridgehead atoms. The van der Waals surface area contributed by atoms with Gasteiger partial charge in [-0.25, -0.2) is 0 Å². The van der Waals surface area contributed by atoms with Crippen LogP contribution < -0.4 is 5.32 Å². The van der Waals surface area contributed by atoms with Gasteiger partial charge in [-0.1, -0.05) is 5.57 Å². The van der Waals surface area contributed by atoms with Crippen LogP contribution in [0.15, 0.2) is 5.57 Å². The van der Waals surface area contributed by atoms with E-state index in [2.05, 4.69) is 74.6 Å². The molecule has 0 fully saturated rings. The van der Waals surface area contributed by atoms with E-state index in [9.17, 15) is 0 Å². The lowest BCUT2D eigenvalue weighted by Gasteiger charge is -2.30. The molecule has 0 unspecified atom stereocenters. The molecule has 1 aliphatic rings. The monoisotopic (exact) mass is 347 g/mol. The minimum absolute atomic E-state index is 1.02. The molecule has 1 aliphatic heterocycles. The third kappa shape index (κ3) is 2.52. The van der Waals surface area contributed by atoms with Gasteiger partial charge < -0.3 is 5.32 Å². The lowest BCUT2D eigenvalue weighted by molar-refractivity contribution is 1.06. The Morgan fingerprint density at radius 3 is 1.54 bits per heavy atom. The van der Waals surface area contributed by atoms with Crippen LogP contribution in [0.2, 0.25) is 0 Å². The standard InChI is InChI=1S/C25H33N/c1-12-11-22-18(7)14(3)16(5)20(9)24(22)26-25-21(10)17(6)15(4)19(8)23(25)13(12)2/h26H,11H2,1-10H3/b13-12-. The molecule has 138 valence electrons. The zero-order valence-electron chi connectivity index (χ0n) is 18.2. The quantitative estimate of drug-likeness (QED) is 0.529. The molecule has 0 saturated heterocycles. The van der Waals surface area contributed by atoms with Crippen LogP contribution in [0.1, 0.15) is 69.5 Å². The zero-order chi connectivity index (χ0) is 19.5. The summed E-state index contributed by atoms with van der Waals surface area (Å²) in [5, 5.41) is 3.91. The Labute approximate surface area is 159 Å². The van der Waals surface area contributed by atoms with Crippen molar-refractivity contribution in [3.63, 3.8) is 0 Å². The van der Waals surface area contributed by atoms with Crippen molar-refractivity contribution in [2.75, 3.05) is 5.32 Å². The molecule has 0 spiro atoms. The van der Waals surface area contributed by atoms with Gasteiger partial charge in [0.15, 0.2) is 0 Å². The Morgan fingerprint density at radius 1 is 0.500 bits per heavy atom. The number of nitrogens with one attached hydrogen (secondary N) is 1. The molecule has 3 rings (SSSR count). The molecule has 1 heteroatoms. The van der Waals surface area contributed by atoms with Gasteiger partial charge in [-0.3, -0.25) is 0 Å². The highest BCUT2D eigenvalue weighted by Gasteiger charge is 2.24. The summed E-state index contributed by atoms with van der Waals surface area (Å²) in [5.74, 6) is 0. The van der Waals surface area contributed by atoms with Gasteiger partial charge in [0.2, 0.25) is 0 Å². The highest BCUT2D eigenvalue weighted by Crippen LogP contribution is 2.43. The van der Waals surface area contributed by atoms with Gasteiger partial charge in [-0.05, 0) is 131 Å². The van der Waals surface area contributed by atoms with E-state index in [4.69, 9.17) is 0 Å². The van der Waals surface area contributed by atoms with E-state index in [1.54, 1.807) is 0 Å². The minimum atomic E-state index is 1.02. The number of allylic oxidation sites excluding steroid dienone is 2. The molecular formula is C25H33N. The normalized spacial score (nSPS) is 16.5. The number of hydrogen-bond donors (Lipinski definition) is 1. The first-order chi connectivity index (χ1) is 12.1. The lowest BCUT2D eigenvalue weighted by atomic mass is 9.82. The highest BCUT2D eigenvalue weighted by molar-refractivity contribution is 5.88. The number of fused-ring (bicyclic) bond motifs is 2. The Kier molecular flexibility index (Phi) is 4.55. The fourth-order valence-electron chi connectivity index (χ4n) is 4.45. The zero-order valence-corrected chi connectivity index (χ0v) is 18.2. The van der Waals surface area contributed by atoms with Gasteiger partial charge in [-0.15, -0.1) is 0 Å². The first-order valence-corrected chi connectivity index (χ1v) is 9.71. The van der Waals surface area contributed by atoms with Crippen LogP contribution in [0.25, 0.3) is 5.57 Å². The number of anilines is 2. The van der Waals surface area contributed by atoms with Crippen LogP contribution in [0, 0.1) is 55.4 Å². The van der Waals surface area contributed by atoms with Gasteiger partial charge in [0, 0.05) is 16.9 Å². The second-order valence-electron chi connectivity index (χ2n) is 8.31. The molecule has 0 amide bonds. The van der Waals surface area contributed by atoms with Gasteiger partial charge in [0.05, 0.1) is 0 Å². The first kappa shape index (κ1) is 18.8. The maximum Gasteiger partial charge on any atom is 0.0495 e. The van der Waals surface area contributed by atoms with Crippen LogP contribution in [-0.4, -0.2) is 0 Å². The maximum absolute atomic E-state index is 3.91.